The van der Waals surface area contributed by atoms with Gasteiger partial charge in [0.05, 0.1) is 6.20 Å². The lowest BCUT2D eigenvalue weighted by molar-refractivity contribution is 0.708. The topological polar surface area (TPSA) is 40.7 Å². The van der Waals surface area contributed by atoms with Gasteiger partial charge in [-0.3, -0.25) is 5.10 Å². The zero-order chi connectivity index (χ0) is 15.4. The Morgan fingerprint density at radius 1 is 1.00 bits per heavy atom. The third-order valence-electron chi connectivity index (χ3n) is 3.83. The Morgan fingerprint density at radius 3 is 2.18 bits per heavy atom. The normalized spacial score (nSPS) is 12.3. The van der Waals surface area contributed by atoms with E-state index in [-0.39, 0.29) is 0 Å². The first-order valence-corrected chi connectivity index (χ1v) is 7.65. The summed E-state index contributed by atoms with van der Waals surface area (Å²) in [6.45, 7) is 0.882. The molecule has 0 saturated heterocycles. The molecule has 0 radical (unpaired) electrons. The number of nitrogens with zero attached hydrogens (tertiary/aromatic N) is 1. The molecule has 3 nitrogen and oxygen atoms in total. The van der Waals surface area contributed by atoms with Crippen LogP contribution in [-0.4, -0.2) is 23.8 Å². The molecule has 3 rings (SSSR count). The van der Waals surface area contributed by atoms with E-state index < -0.39 is 0 Å². The number of aromatic nitrogens is 2. The average molecular weight is 312 g/mol. The van der Waals surface area contributed by atoms with E-state index in [9.17, 15) is 0 Å². The molecule has 2 N–H and O–H groups in total. The lowest BCUT2D eigenvalue weighted by Crippen LogP contribution is -2.18. The molecule has 1 heterocycles. The number of likely N-dealkylation sites (N-methyl/N-ethyl adjacent to an activating group) is 1. The molecule has 2 aromatic carbocycles. The van der Waals surface area contributed by atoms with Gasteiger partial charge in [-0.25, -0.2) is 0 Å². The number of halogens is 1. The van der Waals surface area contributed by atoms with Gasteiger partial charge in [-0.2, -0.15) is 5.10 Å². The second kappa shape index (κ2) is 6.77. The number of H-pyrrole nitrogens is 1. The molecule has 0 aliphatic rings. The van der Waals surface area contributed by atoms with Crippen molar-refractivity contribution < 1.29 is 0 Å². The summed E-state index contributed by atoms with van der Waals surface area (Å²) in [7, 11) is 1.97. The van der Waals surface area contributed by atoms with E-state index in [4.69, 9.17) is 11.6 Å². The Kier molecular flexibility index (Phi) is 4.56. The van der Waals surface area contributed by atoms with E-state index in [1.54, 1.807) is 0 Å². The molecular weight excluding hydrogens is 294 g/mol. The van der Waals surface area contributed by atoms with Crippen LogP contribution in [0.25, 0.3) is 11.1 Å². The first kappa shape index (κ1) is 14.8. The molecule has 0 spiro atoms. The number of benzene rings is 2. The number of hydrogen-bond acceptors (Lipinski definition) is 2. The summed E-state index contributed by atoms with van der Waals surface area (Å²) < 4.78 is 0. The fourth-order valence-corrected chi connectivity index (χ4v) is 2.77. The number of nitrogens with one attached hydrogen (secondary N) is 2. The van der Waals surface area contributed by atoms with Crippen molar-refractivity contribution in [2.24, 2.45) is 0 Å². The summed E-state index contributed by atoms with van der Waals surface area (Å²) in [5.41, 5.74) is 4.80. The van der Waals surface area contributed by atoms with Gasteiger partial charge in [-0.15, -0.1) is 0 Å². The van der Waals surface area contributed by atoms with Crippen molar-refractivity contribution >= 4 is 11.6 Å². The van der Waals surface area contributed by atoms with Crippen LogP contribution in [0.4, 0.5) is 0 Å². The van der Waals surface area contributed by atoms with Gasteiger partial charge < -0.3 is 5.32 Å². The van der Waals surface area contributed by atoms with Crippen molar-refractivity contribution in [1.82, 2.24) is 15.5 Å². The van der Waals surface area contributed by atoms with Crippen LogP contribution >= 0.6 is 11.6 Å². The summed E-state index contributed by atoms with van der Waals surface area (Å²) in [4.78, 5) is 0. The summed E-state index contributed by atoms with van der Waals surface area (Å²) >= 11 is 5.99. The van der Waals surface area contributed by atoms with Crippen molar-refractivity contribution in [1.29, 1.82) is 0 Å². The second-order valence-corrected chi connectivity index (χ2v) is 5.71. The molecular formula is C18H18ClN3. The quantitative estimate of drug-likeness (QED) is 0.745. The number of rotatable bonds is 5. The smallest absolute Gasteiger partial charge is 0.0565 e. The van der Waals surface area contributed by atoms with E-state index in [0.29, 0.717) is 5.92 Å². The summed E-state index contributed by atoms with van der Waals surface area (Å²) in [6, 6.07) is 16.7. The van der Waals surface area contributed by atoms with Crippen LogP contribution in [0, 0.1) is 0 Å². The summed E-state index contributed by atoms with van der Waals surface area (Å²) in [5, 5.41) is 10.9. The fraction of sp³-hybridized carbons (Fsp3) is 0.167. The van der Waals surface area contributed by atoms with Gasteiger partial charge >= 0.3 is 0 Å². The van der Waals surface area contributed by atoms with Crippen LogP contribution in [0.1, 0.15) is 17.0 Å². The largest absolute Gasteiger partial charge is 0.319 e. The van der Waals surface area contributed by atoms with Gasteiger partial charge in [0.15, 0.2) is 0 Å². The number of hydrogen-bond donors (Lipinski definition) is 2. The van der Waals surface area contributed by atoms with Crippen LogP contribution in [0.15, 0.2) is 60.9 Å². The van der Waals surface area contributed by atoms with Gasteiger partial charge in [-0.1, -0.05) is 48.0 Å². The lowest BCUT2D eigenvalue weighted by Gasteiger charge is -2.18. The Labute approximate surface area is 135 Å². The van der Waals surface area contributed by atoms with Gasteiger partial charge in [0.2, 0.25) is 0 Å². The molecule has 0 amide bonds. The number of aromatic amines is 1. The van der Waals surface area contributed by atoms with Crippen molar-refractivity contribution in [2.75, 3.05) is 13.6 Å². The first-order chi connectivity index (χ1) is 10.8. The van der Waals surface area contributed by atoms with E-state index in [1.807, 2.05) is 31.6 Å². The van der Waals surface area contributed by atoms with Crippen LogP contribution in [0.5, 0.6) is 0 Å². The molecule has 0 bridgehead atoms. The minimum absolute atomic E-state index is 0.306. The third-order valence-corrected chi connectivity index (χ3v) is 4.08. The summed E-state index contributed by atoms with van der Waals surface area (Å²) in [6.07, 6.45) is 3.73. The summed E-state index contributed by atoms with van der Waals surface area (Å²) in [5.74, 6) is 0.306. The van der Waals surface area contributed by atoms with Gasteiger partial charge in [-0.05, 0) is 35.9 Å². The van der Waals surface area contributed by atoms with Gasteiger partial charge in [0, 0.05) is 29.2 Å². The molecule has 22 heavy (non-hydrogen) atoms. The first-order valence-electron chi connectivity index (χ1n) is 7.27. The highest BCUT2D eigenvalue weighted by molar-refractivity contribution is 6.30. The highest BCUT2D eigenvalue weighted by atomic mass is 35.5. The van der Waals surface area contributed by atoms with Crippen molar-refractivity contribution in [2.45, 2.75) is 5.92 Å². The van der Waals surface area contributed by atoms with Gasteiger partial charge in [0.25, 0.3) is 0 Å². The minimum atomic E-state index is 0.306. The standard InChI is InChI=1S/C18H18ClN3/c1-20-12-18(15-6-8-17(19)9-7-15)14-4-2-13(3-5-14)16-10-21-22-11-16/h2-11,18,20H,12H2,1H3,(H,21,22)/t18-/m1/s1. The van der Waals surface area contributed by atoms with Crippen molar-refractivity contribution in [3.63, 3.8) is 0 Å². The molecule has 1 atom stereocenters. The van der Waals surface area contributed by atoms with E-state index in [2.05, 4.69) is 51.9 Å². The molecule has 0 aliphatic heterocycles. The van der Waals surface area contributed by atoms with Crippen LogP contribution < -0.4 is 5.32 Å². The van der Waals surface area contributed by atoms with Crippen LogP contribution in [0.3, 0.4) is 0 Å². The highest BCUT2D eigenvalue weighted by Crippen LogP contribution is 2.27. The zero-order valence-corrected chi connectivity index (χ0v) is 13.1. The molecule has 112 valence electrons. The van der Waals surface area contributed by atoms with Crippen LogP contribution in [0.2, 0.25) is 5.02 Å². The van der Waals surface area contributed by atoms with E-state index in [0.717, 1.165) is 22.7 Å². The molecule has 0 unspecified atom stereocenters. The zero-order valence-electron chi connectivity index (χ0n) is 12.4. The van der Waals surface area contributed by atoms with E-state index in [1.165, 1.54) is 11.1 Å². The van der Waals surface area contributed by atoms with Gasteiger partial charge in [0.1, 0.15) is 0 Å². The molecule has 3 aromatic rings. The Hall–Kier alpha value is -2.10. The lowest BCUT2D eigenvalue weighted by atomic mass is 9.90. The maximum Gasteiger partial charge on any atom is 0.0565 e. The maximum absolute atomic E-state index is 5.99. The second-order valence-electron chi connectivity index (χ2n) is 5.27. The van der Waals surface area contributed by atoms with Crippen molar-refractivity contribution in [3.05, 3.63) is 77.1 Å². The predicted octanol–water partition coefficient (Wildman–Crippen LogP) is 4.08. The highest BCUT2D eigenvalue weighted by Gasteiger charge is 2.13. The van der Waals surface area contributed by atoms with Crippen molar-refractivity contribution in [3.8, 4) is 11.1 Å². The average Bonchev–Trinajstić information content (AvgIpc) is 3.08. The Bertz CT molecular complexity index is 703. The Balaban J connectivity index is 1.90. The molecule has 0 fully saturated rings. The van der Waals surface area contributed by atoms with Crippen LogP contribution in [-0.2, 0) is 0 Å². The van der Waals surface area contributed by atoms with E-state index >= 15 is 0 Å². The molecule has 0 aliphatic carbocycles. The third kappa shape index (κ3) is 3.21. The SMILES string of the molecule is CNC[C@@H](c1ccc(Cl)cc1)c1ccc(-c2cn[nH]c2)cc1. The predicted molar refractivity (Wildman–Crippen MR) is 91.2 cm³/mol. The minimum Gasteiger partial charge on any atom is -0.319 e. The maximum atomic E-state index is 5.99. The molecule has 0 saturated carbocycles. The molecule has 1 aromatic heterocycles. The Morgan fingerprint density at radius 2 is 1.64 bits per heavy atom. The fourth-order valence-electron chi connectivity index (χ4n) is 2.64. The monoisotopic (exact) mass is 311 g/mol. The molecule has 4 heteroatoms.